The zero-order chi connectivity index (χ0) is 14.0. The molecule has 2 unspecified atom stereocenters. The van der Waals surface area contributed by atoms with E-state index in [1.54, 1.807) is 0 Å². The lowest BCUT2D eigenvalue weighted by atomic mass is 9.65. The molecule has 1 fully saturated rings. The Balaban J connectivity index is 2.14. The molecule has 3 heteroatoms. The highest BCUT2D eigenvalue weighted by Gasteiger charge is 2.34. The van der Waals surface area contributed by atoms with Gasteiger partial charge >= 0.3 is 0 Å². The summed E-state index contributed by atoms with van der Waals surface area (Å²) in [4.78, 5) is 0. The van der Waals surface area contributed by atoms with Crippen LogP contribution in [0, 0.1) is 17.3 Å². The molecule has 0 radical (unpaired) electrons. The van der Waals surface area contributed by atoms with Crippen LogP contribution in [-0.4, -0.2) is 6.54 Å². The molecule has 1 aliphatic rings. The van der Waals surface area contributed by atoms with Gasteiger partial charge in [0.25, 0.3) is 0 Å². The van der Waals surface area contributed by atoms with E-state index in [2.05, 4.69) is 41.9 Å². The van der Waals surface area contributed by atoms with Crippen LogP contribution in [0.1, 0.15) is 38.7 Å². The van der Waals surface area contributed by atoms with Crippen molar-refractivity contribution in [1.29, 1.82) is 0 Å². The lowest BCUT2D eigenvalue weighted by Gasteiger charge is -2.40. The highest BCUT2D eigenvalue weighted by molar-refractivity contribution is 9.10. The Kier molecular flexibility index (Phi) is 4.97. The first-order valence-corrected chi connectivity index (χ1v) is 8.22. The van der Waals surface area contributed by atoms with Gasteiger partial charge in [-0.2, -0.15) is 0 Å². The van der Waals surface area contributed by atoms with E-state index in [-0.39, 0.29) is 0 Å². The summed E-state index contributed by atoms with van der Waals surface area (Å²) in [5.74, 6) is 1.31. The molecular formula is C16H23BrClN. The van der Waals surface area contributed by atoms with E-state index in [1.807, 2.05) is 6.07 Å². The van der Waals surface area contributed by atoms with Crippen molar-refractivity contribution in [3.8, 4) is 0 Å². The first kappa shape index (κ1) is 15.3. The smallest absolute Gasteiger partial charge is 0.0449 e. The van der Waals surface area contributed by atoms with Gasteiger partial charge in [0.05, 0.1) is 0 Å². The summed E-state index contributed by atoms with van der Waals surface area (Å²) >= 11 is 9.81. The summed E-state index contributed by atoms with van der Waals surface area (Å²) in [6.07, 6.45) is 4.85. The van der Waals surface area contributed by atoms with E-state index in [1.165, 1.54) is 24.8 Å². The lowest BCUT2D eigenvalue weighted by molar-refractivity contribution is 0.121. The Morgan fingerprint density at radius 1 is 1.37 bits per heavy atom. The van der Waals surface area contributed by atoms with Gasteiger partial charge in [-0.25, -0.2) is 0 Å². The van der Waals surface area contributed by atoms with Crippen LogP contribution < -0.4 is 5.73 Å². The number of hydrogen-bond acceptors (Lipinski definition) is 1. The summed E-state index contributed by atoms with van der Waals surface area (Å²) in [6.45, 7) is 5.54. The van der Waals surface area contributed by atoms with Gasteiger partial charge in [-0.1, -0.05) is 47.4 Å². The zero-order valence-electron chi connectivity index (χ0n) is 11.8. The summed E-state index contributed by atoms with van der Waals surface area (Å²) in [7, 11) is 0. The SMILES string of the molecule is CC1(C)CCC(CN)C(Cc2ccc(Br)cc2Cl)C1. The van der Waals surface area contributed by atoms with Crippen LogP contribution in [0.4, 0.5) is 0 Å². The van der Waals surface area contributed by atoms with Gasteiger partial charge in [-0.3, -0.25) is 0 Å². The summed E-state index contributed by atoms with van der Waals surface area (Å²) in [5, 5.41) is 0.869. The topological polar surface area (TPSA) is 26.0 Å². The van der Waals surface area contributed by atoms with E-state index in [4.69, 9.17) is 17.3 Å². The summed E-state index contributed by atoms with van der Waals surface area (Å²) < 4.78 is 1.04. The van der Waals surface area contributed by atoms with Crippen LogP contribution in [0.3, 0.4) is 0 Å². The molecule has 1 saturated carbocycles. The van der Waals surface area contributed by atoms with Crippen molar-refractivity contribution >= 4 is 27.5 Å². The molecule has 2 atom stereocenters. The first-order valence-electron chi connectivity index (χ1n) is 7.05. The molecule has 1 nitrogen and oxygen atoms in total. The second-order valence-electron chi connectivity index (χ2n) is 6.60. The normalized spacial score (nSPS) is 26.4. The lowest BCUT2D eigenvalue weighted by Crippen LogP contribution is -2.35. The Labute approximate surface area is 130 Å². The highest BCUT2D eigenvalue weighted by Crippen LogP contribution is 2.43. The maximum atomic E-state index is 6.35. The molecule has 2 N–H and O–H groups in total. The maximum absolute atomic E-state index is 6.35. The number of halogens is 2. The van der Waals surface area contributed by atoms with Gasteiger partial charge in [0.15, 0.2) is 0 Å². The minimum Gasteiger partial charge on any atom is -0.330 e. The van der Waals surface area contributed by atoms with Gasteiger partial charge in [0.2, 0.25) is 0 Å². The predicted molar refractivity (Wildman–Crippen MR) is 86.5 cm³/mol. The van der Waals surface area contributed by atoms with Crippen molar-refractivity contribution in [3.05, 3.63) is 33.3 Å². The molecule has 0 bridgehead atoms. The maximum Gasteiger partial charge on any atom is 0.0449 e. The van der Waals surface area contributed by atoms with Crippen LogP contribution in [-0.2, 0) is 6.42 Å². The van der Waals surface area contributed by atoms with Crippen LogP contribution in [0.5, 0.6) is 0 Å². The fraction of sp³-hybridized carbons (Fsp3) is 0.625. The molecule has 2 rings (SSSR count). The second kappa shape index (κ2) is 6.15. The molecular weight excluding hydrogens is 322 g/mol. The van der Waals surface area contributed by atoms with Gasteiger partial charge in [-0.05, 0) is 67.2 Å². The van der Waals surface area contributed by atoms with Gasteiger partial charge in [-0.15, -0.1) is 0 Å². The summed E-state index contributed by atoms with van der Waals surface area (Å²) in [5.41, 5.74) is 7.66. The third-order valence-electron chi connectivity index (χ3n) is 4.47. The molecule has 0 spiro atoms. The van der Waals surface area contributed by atoms with Crippen molar-refractivity contribution in [1.82, 2.24) is 0 Å². The minimum atomic E-state index is 0.443. The number of hydrogen-bond donors (Lipinski definition) is 1. The van der Waals surface area contributed by atoms with Crippen LogP contribution in [0.15, 0.2) is 22.7 Å². The van der Waals surface area contributed by atoms with Crippen molar-refractivity contribution in [2.75, 3.05) is 6.54 Å². The Bertz CT molecular complexity index is 444. The van der Waals surface area contributed by atoms with E-state index in [9.17, 15) is 0 Å². The van der Waals surface area contributed by atoms with Gasteiger partial charge in [0, 0.05) is 9.50 Å². The fourth-order valence-corrected chi connectivity index (χ4v) is 4.06. The van der Waals surface area contributed by atoms with E-state index in [0.717, 1.165) is 22.5 Å². The van der Waals surface area contributed by atoms with Crippen LogP contribution in [0.2, 0.25) is 5.02 Å². The molecule has 1 aliphatic carbocycles. The van der Waals surface area contributed by atoms with E-state index >= 15 is 0 Å². The average molecular weight is 345 g/mol. The number of nitrogens with two attached hydrogens (primary N) is 1. The third-order valence-corrected chi connectivity index (χ3v) is 5.32. The second-order valence-corrected chi connectivity index (χ2v) is 7.93. The van der Waals surface area contributed by atoms with E-state index in [0.29, 0.717) is 17.3 Å². The molecule has 0 aromatic heterocycles. The Hall–Kier alpha value is -0.0500. The monoisotopic (exact) mass is 343 g/mol. The number of benzene rings is 1. The minimum absolute atomic E-state index is 0.443. The van der Waals surface area contributed by atoms with Crippen molar-refractivity contribution in [3.63, 3.8) is 0 Å². The number of rotatable bonds is 3. The predicted octanol–water partition coefficient (Wildman–Crippen LogP) is 5.05. The van der Waals surface area contributed by atoms with Crippen LogP contribution in [0.25, 0.3) is 0 Å². The third kappa shape index (κ3) is 3.96. The highest BCUT2D eigenvalue weighted by atomic mass is 79.9. The van der Waals surface area contributed by atoms with Crippen molar-refractivity contribution < 1.29 is 0 Å². The quantitative estimate of drug-likeness (QED) is 0.816. The molecule has 0 aliphatic heterocycles. The molecule has 106 valence electrons. The standard InChI is InChI=1S/C16H23BrClN/c1-16(2)6-5-12(10-19)13(9-16)7-11-3-4-14(17)8-15(11)18/h3-4,8,12-13H,5-7,9-10,19H2,1-2H3. The fourth-order valence-electron chi connectivity index (χ4n) is 3.31. The molecule has 0 amide bonds. The Morgan fingerprint density at radius 3 is 2.74 bits per heavy atom. The zero-order valence-corrected chi connectivity index (χ0v) is 14.1. The first-order chi connectivity index (χ1) is 8.91. The van der Waals surface area contributed by atoms with Gasteiger partial charge < -0.3 is 5.73 Å². The summed E-state index contributed by atoms with van der Waals surface area (Å²) in [6, 6.07) is 6.20. The molecule has 19 heavy (non-hydrogen) atoms. The molecule has 0 heterocycles. The van der Waals surface area contributed by atoms with Crippen molar-refractivity contribution in [2.24, 2.45) is 23.0 Å². The molecule has 1 aromatic carbocycles. The average Bonchev–Trinajstić information content (AvgIpc) is 2.32. The molecule has 1 aromatic rings. The largest absolute Gasteiger partial charge is 0.330 e. The van der Waals surface area contributed by atoms with Crippen molar-refractivity contribution in [2.45, 2.75) is 39.5 Å². The molecule has 0 saturated heterocycles. The Morgan fingerprint density at radius 2 is 2.11 bits per heavy atom. The van der Waals surface area contributed by atoms with Gasteiger partial charge in [0.1, 0.15) is 0 Å². The van der Waals surface area contributed by atoms with Crippen LogP contribution >= 0.6 is 27.5 Å². The van der Waals surface area contributed by atoms with E-state index < -0.39 is 0 Å².